The molecule has 5 rings (SSSR count). The Hall–Kier alpha value is -3.12. The highest BCUT2D eigenvalue weighted by Crippen LogP contribution is 2.25. The fourth-order valence-corrected chi connectivity index (χ4v) is 5.48. The van der Waals surface area contributed by atoms with Crippen molar-refractivity contribution in [3.05, 3.63) is 66.4 Å². The molecule has 1 aromatic heterocycles. The van der Waals surface area contributed by atoms with Crippen LogP contribution in [0.1, 0.15) is 24.8 Å². The number of hydrogen-bond acceptors (Lipinski definition) is 5. The van der Waals surface area contributed by atoms with E-state index in [9.17, 15) is 4.79 Å². The summed E-state index contributed by atoms with van der Waals surface area (Å²) in [4.78, 5) is 24.7. The minimum Gasteiger partial charge on any atom is -0.493 e. The van der Waals surface area contributed by atoms with Crippen LogP contribution in [0.25, 0.3) is 10.9 Å². The van der Waals surface area contributed by atoms with Gasteiger partial charge in [0, 0.05) is 56.5 Å². The summed E-state index contributed by atoms with van der Waals surface area (Å²) < 4.78 is 6.09. The second-order valence-corrected chi connectivity index (χ2v) is 9.77. The lowest BCUT2D eigenvalue weighted by Gasteiger charge is -2.40. The number of anilines is 1. The molecule has 2 aliphatic rings. The van der Waals surface area contributed by atoms with E-state index in [-0.39, 0.29) is 5.92 Å². The molecule has 2 fully saturated rings. The molecular weight excluding hydrogens is 436 g/mol. The van der Waals surface area contributed by atoms with E-state index in [1.54, 1.807) is 0 Å². The molecule has 1 unspecified atom stereocenters. The highest BCUT2D eigenvalue weighted by molar-refractivity contribution is 5.84. The second-order valence-electron chi connectivity index (χ2n) is 9.77. The van der Waals surface area contributed by atoms with Crippen molar-refractivity contribution in [1.82, 2.24) is 14.8 Å². The van der Waals surface area contributed by atoms with Crippen molar-refractivity contribution in [1.29, 1.82) is 0 Å². The second kappa shape index (κ2) is 11.1. The topological polar surface area (TPSA) is 48.9 Å². The molecule has 0 bridgehead atoms. The zero-order valence-electron chi connectivity index (χ0n) is 20.7. The number of amides is 1. The molecule has 3 aromatic rings. The van der Waals surface area contributed by atoms with Crippen LogP contribution in [-0.4, -0.2) is 73.1 Å². The first-order valence-electron chi connectivity index (χ1n) is 13.0. The molecule has 0 radical (unpaired) electrons. The van der Waals surface area contributed by atoms with Crippen molar-refractivity contribution in [3.8, 4) is 5.75 Å². The Morgan fingerprint density at radius 1 is 1.00 bits per heavy atom. The predicted octanol–water partition coefficient (Wildman–Crippen LogP) is 4.37. The highest BCUT2D eigenvalue weighted by atomic mass is 16.5. The predicted molar refractivity (Wildman–Crippen MR) is 141 cm³/mol. The van der Waals surface area contributed by atoms with Gasteiger partial charge in [0.15, 0.2) is 0 Å². The first kappa shape index (κ1) is 23.6. The lowest BCUT2D eigenvalue weighted by Crippen LogP contribution is -2.52. The van der Waals surface area contributed by atoms with Gasteiger partial charge < -0.3 is 19.4 Å². The first-order valence-corrected chi connectivity index (χ1v) is 13.0. The molecule has 2 saturated heterocycles. The molecule has 0 spiro atoms. The van der Waals surface area contributed by atoms with E-state index in [1.807, 2.05) is 30.5 Å². The molecule has 0 N–H and O–H groups in total. The van der Waals surface area contributed by atoms with E-state index in [0.29, 0.717) is 12.5 Å². The van der Waals surface area contributed by atoms with Crippen molar-refractivity contribution in [2.75, 3.05) is 57.3 Å². The Morgan fingerprint density at radius 3 is 2.71 bits per heavy atom. The Balaban J connectivity index is 1.07. The lowest BCUT2D eigenvalue weighted by atomic mass is 9.96. The lowest BCUT2D eigenvalue weighted by molar-refractivity contribution is -0.137. The Kier molecular flexibility index (Phi) is 7.48. The van der Waals surface area contributed by atoms with E-state index < -0.39 is 0 Å². The van der Waals surface area contributed by atoms with Gasteiger partial charge in [0.1, 0.15) is 5.75 Å². The summed E-state index contributed by atoms with van der Waals surface area (Å²) in [5.41, 5.74) is 3.56. The van der Waals surface area contributed by atoms with Gasteiger partial charge in [-0.2, -0.15) is 0 Å². The van der Waals surface area contributed by atoms with Crippen LogP contribution in [0.2, 0.25) is 0 Å². The number of aryl methyl sites for hydroxylation is 1. The van der Waals surface area contributed by atoms with Crippen LogP contribution in [0.15, 0.2) is 60.8 Å². The molecule has 2 aromatic carbocycles. The monoisotopic (exact) mass is 472 g/mol. The maximum absolute atomic E-state index is 13.3. The number of para-hydroxylation sites is 1. The maximum Gasteiger partial charge on any atom is 0.227 e. The number of piperidine rings is 1. The van der Waals surface area contributed by atoms with Crippen molar-refractivity contribution in [3.63, 3.8) is 0 Å². The number of ether oxygens (including phenoxy) is 1. The number of benzene rings is 2. The first-order chi connectivity index (χ1) is 17.2. The van der Waals surface area contributed by atoms with Crippen molar-refractivity contribution in [2.24, 2.45) is 5.92 Å². The largest absolute Gasteiger partial charge is 0.493 e. The van der Waals surface area contributed by atoms with E-state index in [2.05, 4.69) is 56.9 Å². The molecular formula is C29H36N4O2. The molecule has 0 aliphatic carbocycles. The zero-order valence-corrected chi connectivity index (χ0v) is 20.7. The van der Waals surface area contributed by atoms with Gasteiger partial charge in [-0.05, 0) is 68.6 Å². The molecule has 2 aliphatic heterocycles. The van der Waals surface area contributed by atoms with Crippen molar-refractivity contribution < 1.29 is 9.53 Å². The number of hydrogen-bond donors (Lipinski definition) is 0. The Labute approximate surface area is 208 Å². The average Bonchev–Trinajstić information content (AvgIpc) is 2.91. The normalized spacial score (nSPS) is 19.2. The summed E-state index contributed by atoms with van der Waals surface area (Å²) in [6.45, 7) is 9.20. The molecule has 35 heavy (non-hydrogen) atoms. The van der Waals surface area contributed by atoms with Crippen LogP contribution < -0.4 is 9.64 Å². The molecule has 3 heterocycles. The summed E-state index contributed by atoms with van der Waals surface area (Å²) in [5.74, 6) is 1.37. The molecule has 6 heteroatoms. The van der Waals surface area contributed by atoms with Crippen LogP contribution >= 0.6 is 0 Å². The quantitative estimate of drug-likeness (QED) is 0.478. The minimum absolute atomic E-state index is 0.124. The van der Waals surface area contributed by atoms with E-state index in [0.717, 1.165) is 81.7 Å². The third-order valence-electron chi connectivity index (χ3n) is 7.38. The molecule has 0 saturated carbocycles. The maximum atomic E-state index is 13.3. The van der Waals surface area contributed by atoms with Crippen LogP contribution in [0.3, 0.4) is 0 Å². The fraction of sp³-hybridized carbons (Fsp3) is 0.448. The number of carbonyl (C=O) groups is 1. The number of fused-ring (bicyclic) bond motifs is 1. The summed E-state index contributed by atoms with van der Waals surface area (Å²) in [6, 6.07) is 18.5. The van der Waals surface area contributed by atoms with Gasteiger partial charge in [-0.25, -0.2) is 0 Å². The van der Waals surface area contributed by atoms with E-state index in [4.69, 9.17) is 4.74 Å². The third-order valence-corrected chi connectivity index (χ3v) is 7.38. The summed E-state index contributed by atoms with van der Waals surface area (Å²) in [6.07, 6.45) is 4.86. The van der Waals surface area contributed by atoms with E-state index in [1.165, 1.54) is 11.3 Å². The number of pyridine rings is 1. The standard InChI is InChI=1S/C29H36N4O2/c1-23-8-2-3-12-27(23)32-17-19-33(20-18-32)29(34)24-9-6-15-31(22-24)16-7-21-35-28-13-4-11-26-25(28)10-5-14-30-26/h2-5,8,10-14,24H,6-7,9,15-22H2,1H3. The summed E-state index contributed by atoms with van der Waals surface area (Å²) in [7, 11) is 0. The van der Waals surface area contributed by atoms with Gasteiger partial charge in [-0.3, -0.25) is 9.78 Å². The zero-order chi connectivity index (χ0) is 24.0. The smallest absolute Gasteiger partial charge is 0.227 e. The van der Waals surface area contributed by atoms with Crippen molar-refractivity contribution >= 4 is 22.5 Å². The number of aromatic nitrogens is 1. The molecule has 1 atom stereocenters. The fourth-order valence-electron chi connectivity index (χ4n) is 5.48. The summed E-state index contributed by atoms with van der Waals surface area (Å²) >= 11 is 0. The molecule has 184 valence electrons. The van der Waals surface area contributed by atoms with E-state index >= 15 is 0 Å². The van der Waals surface area contributed by atoms with Gasteiger partial charge in [0.2, 0.25) is 5.91 Å². The molecule has 6 nitrogen and oxygen atoms in total. The SMILES string of the molecule is Cc1ccccc1N1CCN(C(=O)C2CCCN(CCCOc3cccc4ncccc34)C2)CC1. The van der Waals surface area contributed by atoms with Crippen LogP contribution in [-0.2, 0) is 4.79 Å². The Morgan fingerprint density at radius 2 is 1.86 bits per heavy atom. The van der Waals surface area contributed by atoms with Gasteiger partial charge in [0.05, 0.1) is 18.0 Å². The number of carbonyl (C=O) groups excluding carboxylic acids is 1. The highest BCUT2D eigenvalue weighted by Gasteiger charge is 2.31. The number of nitrogens with zero attached hydrogens (tertiary/aromatic N) is 4. The van der Waals surface area contributed by atoms with Crippen LogP contribution in [0, 0.1) is 12.8 Å². The molecule has 1 amide bonds. The van der Waals surface area contributed by atoms with Crippen LogP contribution in [0.4, 0.5) is 5.69 Å². The minimum atomic E-state index is 0.124. The number of piperazine rings is 1. The summed E-state index contributed by atoms with van der Waals surface area (Å²) in [5, 5.41) is 1.06. The van der Waals surface area contributed by atoms with Crippen LogP contribution in [0.5, 0.6) is 5.75 Å². The van der Waals surface area contributed by atoms with Gasteiger partial charge in [-0.1, -0.05) is 24.3 Å². The Bertz CT molecular complexity index is 1140. The average molecular weight is 473 g/mol. The third kappa shape index (κ3) is 5.59. The van der Waals surface area contributed by atoms with Gasteiger partial charge in [-0.15, -0.1) is 0 Å². The number of rotatable bonds is 7. The van der Waals surface area contributed by atoms with Gasteiger partial charge in [0.25, 0.3) is 0 Å². The van der Waals surface area contributed by atoms with Crippen molar-refractivity contribution in [2.45, 2.75) is 26.2 Å². The van der Waals surface area contributed by atoms with Gasteiger partial charge >= 0.3 is 0 Å². The number of likely N-dealkylation sites (tertiary alicyclic amines) is 1.